The summed E-state index contributed by atoms with van der Waals surface area (Å²) in [6.45, 7) is 10.1. The summed E-state index contributed by atoms with van der Waals surface area (Å²) in [6.07, 6.45) is 6.57. The smallest absolute Gasteiger partial charge is 0.416 e. The Kier molecular flexibility index (Phi) is 15.0. The quantitative estimate of drug-likeness (QED) is 0.0447. The highest BCUT2D eigenvalue weighted by Crippen LogP contribution is 2.54. The molecule has 5 aliphatic rings. The lowest BCUT2D eigenvalue weighted by molar-refractivity contribution is -0.384. The number of nitro groups is 1. The molecule has 11 rings (SSSR count). The van der Waals surface area contributed by atoms with Crippen molar-refractivity contribution in [3.63, 3.8) is 0 Å². The van der Waals surface area contributed by atoms with Crippen molar-refractivity contribution < 1.29 is 50.6 Å². The van der Waals surface area contributed by atoms with Gasteiger partial charge in [0.05, 0.1) is 34.8 Å². The molecule has 4 fully saturated rings. The van der Waals surface area contributed by atoms with Gasteiger partial charge in [-0.1, -0.05) is 38.1 Å². The Balaban J connectivity index is 0.801. The van der Waals surface area contributed by atoms with Crippen LogP contribution >= 0.6 is 0 Å². The number of benzene rings is 2. The van der Waals surface area contributed by atoms with Crippen molar-refractivity contribution in [2.45, 2.75) is 113 Å². The highest BCUT2D eigenvalue weighted by molar-refractivity contribution is 7.90. The average molecular weight is 1140 g/mol. The van der Waals surface area contributed by atoms with Crippen LogP contribution in [0.25, 0.3) is 11.0 Å². The number of halogens is 3. The minimum atomic E-state index is -4.77. The van der Waals surface area contributed by atoms with Gasteiger partial charge in [-0.05, 0) is 110 Å². The van der Waals surface area contributed by atoms with E-state index in [0.29, 0.717) is 75.2 Å². The number of methoxy groups -OCH3 is 1. The summed E-state index contributed by atoms with van der Waals surface area (Å²) in [5.41, 5.74) is 3.31. The maximum absolute atomic E-state index is 14.9. The molecule has 2 saturated carbocycles. The van der Waals surface area contributed by atoms with Gasteiger partial charge in [0, 0.05) is 94.2 Å². The summed E-state index contributed by atoms with van der Waals surface area (Å²) < 4.78 is 89.9. The van der Waals surface area contributed by atoms with Crippen LogP contribution in [-0.4, -0.2) is 125 Å². The van der Waals surface area contributed by atoms with Crippen molar-refractivity contribution in [2.75, 3.05) is 68.5 Å². The van der Waals surface area contributed by atoms with Crippen molar-refractivity contribution in [1.82, 2.24) is 34.5 Å². The number of fused-ring (bicyclic) bond motifs is 2. The number of rotatable bonds is 16. The molecule has 20 nitrogen and oxygen atoms in total. The Bertz CT molecular complexity index is 3470. The number of carbonyl (C=O) groups is 1. The molecule has 6 aromatic rings. The first-order valence-corrected chi connectivity index (χ1v) is 29.0. The fourth-order valence-electron chi connectivity index (χ4n) is 12.5. The summed E-state index contributed by atoms with van der Waals surface area (Å²) in [5, 5.41) is 28.5. The van der Waals surface area contributed by atoms with Crippen LogP contribution in [0.15, 0.2) is 84.1 Å². The molecule has 0 bridgehead atoms. The zero-order valence-electron chi connectivity index (χ0n) is 45.5. The Morgan fingerprint density at radius 2 is 1.78 bits per heavy atom. The number of ether oxygens (including phenoxy) is 3. The van der Waals surface area contributed by atoms with E-state index in [-0.39, 0.29) is 63.0 Å². The van der Waals surface area contributed by atoms with Gasteiger partial charge in [-0.2, -0.15) is 13.8 Å². The second-order valence-corrected chi connectivity index (χ2v) is 24.6. The van der Waals surface area contributed by atoms with Gasteiger partial charge < -0.3 is 39.8 Å². The van der Waals surface area contributed by atoms with Crippen molar-refractivity contribution in [3.8, 4) is 23.3 Å². The number of carbonyl (C=O) groups excluding carboxylic acids is 1. The maximum Gasteiger partial charge on any atom is 0.416 e. The summed E-state index contributed by atoms with van der Waals surface area (Å²) in [4.78, 5) is 47.6. The molecule has 3 aliphatic heterocycles. The second-order valence-electron chi connectivity index (χ2n) is 22.9. The number of piperazine rings is 1. The normalized spacial score (nSPS) is 22.1. The number of nitrogens with one attached hydrogen (secondary N) is 4. The van der Waals surface area contributed by atoms with Gasteiger partial charge in [0.2, 0.25) is 11.7 Å². The van der Waals surface area contributed by atoms with Gasteiger partial charge in [0.1, 0.15) is 34.3 Å². The highest BCUT2D eigenvalue weighted by Gasteiger charge is 2.50. The Morgan fingerprint density at radius 1 is 1.01 bits per heavy atom. The van der Waals surface area contributed by atoms with E-state index >= 15 is 0 Å². The molecule has 81 heavy (non-hydrogen) atoms. The standard InChI is InChI=1S/C57H66F3N11O9S/c1-34(2)40-7-5-6-8-41(40)46-32-68(31-36-13-18-61-54-49(36)65-33-57(59,60)80-54)21-22-70(46)38-26-56(27-38)16-19-69(20-17-56)37-9-10-42(47(23-37)79-48-25-43-44(58)30-64-50(43)66-53(48)78-4)52(72)67-81(76,77)39-24-45(71(74)75)51(63-29-39)62-28-35-11-14-55(3,73)15-12-35/h5-10,13,18,23-25,29-30,34-35,38,46,65,73H,11-12,14-17,19-22,26-28,31-33H2,1-4H3,(H,62,63)(H,64,66)(H,67,72)/t35?,46-,55?/m0/s1. The molecule has 0 unspecified atom stereocenters. The molecule has 1 atom stereocenters. The minimum Gasteiger partial charge on any atom is -0.478 e. The lowest BCUT2D eigenvalue weighted by Crippen LogP contribution is -2.60. The summed E-state index contributed by atoms with van der Waals surface area (Å²) in [5.74, 6) is -1.72. The van der Waals surface area contributed by atoms with Crippen LogP contribution in [0.2, 0.25) is 0 Å². The number of sulfonamides is 1. The van der Waals surface area contributed by atoms with Gasteiger partial charge in [0.15, 0.2) is 5.75 Å². The molecule has 2 saturated heterocycles. The van der Waals surface area contributed by atoms with Crippen LogP contribution in [0.1, 0.15) is 111 Å². The maximum atomic E-state index is 14.9. The van der Waals surface area contributed by atoms with Crippen LogP contribution in [-0.2, 0) is 16.6 Å². The molecule has 2 aliphatic carbocycles. The van der Waals surface area contributed by atoms with Crippen molar-refractivity contribution in [2.24, 2.45) is 11.3 Å². The molecule has 7 heterocycles. The largest absolute Gasteiger partial charge is 0.478 e. The van der Waals surface area contributed by atoms with Crippen LogP contribution in [0.4, 0.5) is 36.1 Å². The zero-order chi connectivity index (χ0) is 57.0. The van der Waals surface area contributed by atoms with Crippen LogP contribution < -0.4 is 34.5 Å². The molecular formula is C57H66F3N11O9S. The van der Waals surface area contributed by atoms with Gasteiger partial charge in [-0.25, -0.2) is 27.5 Å². The number of aromatic nitrogens is 4. The first-order chi connectivity index (χ1) is 38.7. The van der Waals surface area contributed by atoms with E-state index in [2.05, 4.69) is 83.4 Å². The molecule has 430 valence electrons. The SMILES string of the molecule is COc1nc2[nH]cc(F)c2cc1Oc1cc(N2CCC3(CC2)CC(N2CCN(Cc4ccnc5c4NCC(F)(F)O5)C[C@H]2c2ccccc2C(C)C)C3)ccc1C(=O)NS(=O)(=O)c1cnc(NCC2CCC(C)(O)CC2)c([N+](=O)[O-])c1. The zero-order valence-corrected chi connectivity index (χ0v) is 46.3. The number of hydrogen-bond acceptors (Lipinski definition) is 17. The monoisotopic (exact) mass is 1140 g/mol. The highest BCUT2D eigenvalue weighted by atomic mass is 32.2. The van der Waals surface area contributed by atoms with E-state index in [4.69, 9.17) is 14.2 Å². The van der Waals surface area contributed by atoms with Gasteiger partial charge in [0.25, 0.3) is 21.8 Å². The number of hydrogen-bond donors (Lipinski definition) is 5. The van der Waals surface area contributed by atoms with E-state index in [1.165, 1.54) is 36.6 Å². The molecule has 1 amide bonds. The Labute approximate surface area is 467 Å². The van der Waals surface area contributed by atoms with Gasteiger partial charge in [-0.15, -0.1) is 0 Å². The molecule has 5 N–H and O–H groups in total. The lowest BCUT2D eigenvalue weighted by Gasteiger charge is -2.58. The topological polar surface area (TPSA) is 243 Å². The van der Waals surface area contributed by atoms with Gasteiger partial charge >= 0.3 is 11.8 Å². The number of H-pyrrole nitrogens is 1. The predicted molar refractivity (Wildman–Crippen MR) is 296 cm³/mol. The molecule has 2 aromatic carbocycles. The average Bonchev–Trinajstić information content (AvgIpc) is 3.77. The van der Waals surface area contributed by atoms with Gasteiger partial charge in [-0.3, -0.25) is 24.7 Å². The first-order valence-electron chi connectivity index (χ1n) is 27.5. The summed E-state index contributed by atoms with van der Waals surface area (Å²) in [6, 6.07) is 17.9. The molecule has 4 aromatic heterocycles. The molecule has 1 spiro atoms. The Morgan fingerprint density at radius 3 is 2.52 bits per heavy atom. The van der Waals surface area contributed by atoms with Crippen molar-refractivity contribution >= 4 is 49.8 Å². The summed E-state index contributed by atoms with van der Waals surface area (Å²) >= 11 is 0. The lowest BCUT2D eigenvalue weighted by atomic mass is 9.59. The molecule has 24 heteroatoms. The number of alkyl halides is 2. The van der Waals surface area contributed by atoms with Crippen molar-refractivity contribution in [3.05, 3.63) is 117 Å². The minimum absolute atomic E-state index is 0.0404. The van der Waals surface area contributed by atoms with Crippen LogP contribution in [0.3, 0.4) is 0 Å². The van der Waals surface area contributed by atoms with Crippen LogP contribution in [0, 0.1) is 27.3 Å². The van der Waals surface area contributed by atoms with E-state index in [9.17, 15) is 41.6 Å². The fourth-order valence-corrected chi connectivity index (χ4v) is 13.4. The third kappa shape index (κ3) is 11.6. The first kappa shape index (κ1) is 55.6. The predicted octanol–water partition coefficient (Wildman–Crippen LogP) is 9.50. The van der Waals surface area contributed by atoms with Crippen LogP contribution in [0.5, 0.6) is 23.3 Å². The molecule has 0 radical (unpaired) electrons. The number of piperidine rings is 1. The number of anilines is 3. The Hall–Kier alpha value is -7.28. The number of pyridine rings is 3. The number of aromatic amines is 1. The third-order valence-electron chi connectivity index (χ3n) is 17.1. The summed E-state index contributed by atoms with van der Waals surface area (Å²) in [7, 11) is -3.42. The number of nitrogens with zero attached hydrogens (tertiary/aromatic N) is 7. The molecular weight excluding hydrogens is 1070 g/mol. The number of aliphatic hydroxyl groups is 1. The third-order valence-corrected chi connectivity index (χ3v) is 18.4. The van der Waals surface area contributed by atoms with E-state index in [1.807, 2.05) is 10.8 Å². The second kappa shape index (κ2) is 21.9. The fraction of sp³-hybridized carbons (Fsp3) is 0.474. The van der Waals surface area contributed by atoms with Crippen molar-refractivity contribution in [1.29, 1.82) is 0 Å². The number of amides is 1. The van der Waals surface area contributed by atoms with E-state index in [0.717, 1.165) is 69.3 Å². The van der Waals surface area contributed by atoms with E-state index < -0.39 is 55.5 Å². The van der Waals surface area contributed by atoms with E-state index in [1.54, 1.807) is 19.1 Å².